The number of halogens is 2. The van der Waals surface area contributed by atoms with Gasteiger partial charge in [0.25, 0.3) is 0 Å². The van der Waals surface area contributed by atoms with Crippen molar-refractivity contribution in [1.29, 1.82) is 0 Å². The number of nitrogens with one attached hydrogen (secondary N) is 1. The molecule has 1 aromatic carbocycles. The van der Waals surface area contributed by atoms with Crippen molar-refractivity contribution in [3.8, 4) is 0 Å². The highest BCUT2D eigenvalue weighted by molar-refractivity contribution is 5.22. The van der Waals surface area contributed by atoms with Gasteiger partial charge in [0.1, 0.15) is 0 Å². The molecule has 1 heterocycles. The second-order valence-electron chi connectivity index (χ2n) is 5.99. The Morgan fingerprint density at radius 3 is 2.81 bits per heavy atom. The van der Waals surface area contributed by atoms with E-state index in [1.54, 1.807) is 12.1 Å². The van der Waals surface area contributed by atoms with Crippen LogP contribution in [0.3, 0.4) is 0 Å². The summed E-state index contributed by atoms with van der Waals surface area (Å²) in [6, 6.07) is 4.25. The average Bonchev–Trinajstić information content (AvgIpc) is 2.73. The molecular weight excluding hydrogens is 270 g/mol. The number of likely N-dealkylation sites (tertiary alicyclic amines) is 1. The van der Waals surface area contributed by atoms with E-state index in [0.717, 1.165) is 25.6 Å². The third-order valence-corrected chi connectivity index (χ3v) is 4.66. The lowest BCUT2D eigenvalue weighted by molar-refractivity contribution is 0.249. The van der Waals surface area contributed by atoms with E-state index in [-0.39, 0.29) is 6.04 Å². The van der Waals surface area contributed by atoms with Crippen LogP contribution in [0.5, 0.6) is 0 Å². The Balaban J connectivity index is 2.03. The number of benzene rings is 1. The van der Waals surface area contributed by atoms with Gasteiger partial charge in [0, 0.05) is 18.2 Å². The molecule has 0 spiro atoms. The van der Waals surface area contributed by atoms with Crippen LogP contribution in [0.25, 0.3) is 0 Å². The molecule has 21 heavy (non-hydrogen) atoms. The Bertz CT molecular complexity index is 450. The van der Waals surface area contributed by atoms with Crippen molar-refractivity contribution < 1.29 is 8.78 Å². The summed E-state index contributed by atoms with van der Waals surface area (Å²) in [4.78, 5) is 2.38. The smallest absolute Gasteiger partial charge is 0.163 e. The number of rotatable bonds is 5. The Morgan fingerprint density at radius 1 is 1.29 bits per heavy atom. The highest BCUT2D eigenvalue weighted by atomic mass is 19.2. The van der Waals surface area contributed by atoms with E-state index in [1.165, 1.54) is 31.7 Å². The first-order chi connectivity index (χ1) is 10.2. The summed E-state index contributed by atoms with van der Waals surface area (Å²) in [6.45, 7) is 5.07. The quantitative estimate of drug-likeness (QED) is 0.890. The van der Waals surface area contributed by atoms with Crippen LogP contribution in [0, 0.1) is 17.6 Å². The molecule has 1 aliphatic heterocycles. The van der Waals surface area contributed by atoms with Gasteiger partial charge in [-0.2, -0.15) is 0 Å². The van der Waals surface area contributed by atoms with Crippen LogP contribution in [-0.4, -0.2) is 31.6 Å². The van der Waals surface area contributed by atoms with Crippen molar-refractivity contribution in [1.82, 2.24) is 10.2 Å². The predicted octanol–water partition coefficient (Wildman–Crippen LogP) is 3.74. The van der Waals surface area contributed by atoms with Crippen molar-refractivity contribution in [2.24, 2.45) is 5.92 Å². The van der Waals surface area contributed by atoms with Gasteiger partial charge in [-0.3, -0.25) is 0 Å². The molecule has 1 aliphatic rings. The molecule has 1 saturated heterocycles. The van der Waals surface area contributed by atoms with Crippen LogP contribution < -0.4 is 5.32 Å². The molecular formula is C17H26F2N2. The maximum Gasteiger partial charge on any atom is 0.163 e. The number of hydrogen-bond acceptors (Lipinski definition) is 2. The molecule has 1 aromatic rings. The molecule has 0 bridgehead atoms. The van der Waals surface area contributed by atoms with E-state index in [2.05, 4.69) is 17.1 Å². The maximum atomic E-state index is 14.0. The van der Waals surface area contributed by atoms with Crippen LogP contribution in [0.1, 0.15) is 44.2 Å². The lowest BCUT2D eigenvalue weighted by atomic mass is 9.98. The zero-order chi connectivity index (χ0) is 15.2. The van der Waals surface area contributed by atoms with Gasteiger partial charge >= 0.3 is 0 Å². The average molecular weight is 296 g/mol. The van der Waals surface area contributed by atoms with Gasteiger partial charge in [-0.1, -0.05) is 25.5 Å². The summed E-state index contributed by atoms with van der Waals surface area (Å²) >= 11 is 0. The minimum atomic E-state index is -0.769. The third-order valence-electron chi connectivity index (χ3n) is 4.66. The monoisotopic (exact) mass is 296 g/mol. The van der Waals surface area contributed by atoms with Crippen LogP contribution in [0.4, 0.5) is 8.78 Å². The molecule has 118 valence electrons. The van der Waals surface area contributed by atoms with Crippen LogP contribution in [-0.2, 0) is 0 Å². The largest absolute Gasteiger partial charge is 0.312 e. The van der Waals surface area contributed by atoms with E-state index >= 15 is 0 Å². The number of hydrogen-bond donors (Lipinski definition) is 1. The highest BCUT2D eigenvalue weighted by Gasteiger charge is 2.22. The predicted molar refractivity (Wildman–Crippen MR) is 82.2 cm³/mol. The van der Waals surface area contributed by atoms with E-state index in [1.807, 2.05) is 7.05 Å². The van der Waals surface area contributed by atoms with Gasteiger partial charge in [-0.25, -0.2) is 8.78 Å². The molecule has 0 amide bonds. The fraction of sp³-hybridized carbons (Fsp3) is 0.647. The molecule has 0 aliphatic carbocycles. The summed E-state index contributed by atoms with van der Waals surface area (Å²) in [7, 11) is 1.81. The SMILES string of the molecule is CCC1CCCN(CC(NC)c2cccc(F)c2F)CC1. The molecule has 0 aromatic heterocycles. The summed E-state index contributed by atoms with van der Waals surface area (Å²) in [6.07, 6.45) is 4.92. The number of likely N-dealkylation sites (N-methyl/N-ethyl adjacent to an activating group) is 1. The minimum Gasteiger partial charge on any atom is -0.312 e. The standard InChI is InChI=1S/C17H26F2N2/c1-3-13-6-5-10-21(11-9-13)12-16(20-2)14-7-4-8-15(18)17(14)19/h4,7-8,13,16,20H,3,5-6,9-12H2,1-2H3. The zero-order valence-corrected chi connectivity index (χ0v) is 13.0. The molecule has 0 saturated carbocycles. The zero-order valence-electron chi connectivity index (χ0n) is 13.0. The maximum absolute atomic E-state index is 14.0. The van der Waals surface area contributed by atoms with Crippen molar-refractivity contribution in [2.45, 2.75) is 38.6 Å². The molecule has 2 atom stereocenters. The molecule has 1 fully saturated rings. The Kier molecular flexibility index (Phi) is 6.12. The lowest BCUT2D eigenvalue weighted by Crippen LogP contribution is -2.35. The fourth-order valence-corrected chi connectivity index (χ4v) is 3.21. The van der Waals surface area contributed by atoms with Crippen LogP contribution >= 0.6 is 0 Å². The highest BCUT2D eigenvalue weighted by Crippen LogP contribution is 2.24. The third kappa shape index (κ3) is 4.24. The molecule has 2 rings (SSSR count). The molecule has 0 radical (unpaired) electrons. The van der Waals surface area contributed by atoms with Gasteiger partial charge in [0.2, 0.25) is 0 Å². The van der Waals surface area contributed by atoms with E-state index in [4.69, 9.17) is 0 Å². The van der Waals surface area contributed by atoms with Gasteiger partial charge in [0.05, 0.1) is 0 Å². The summed E-state index contributed by atoms with van der Waals surface area (Å²) in [5, 5.41) is 3.13. The first kappa shape index (κ1) is 16.4. The first-order valence-corrected chi connectivity index (χ1v) is 7.99. The van der Waals surface area contributed by atoms with Gasteiger partial charge in [0.15, 0.2) is 11.6 Å². The van der Waals surface area contributed by atoms with Crippen molar-refractivity contribution in [2.75, 3.05) is 26.7 Å². The molecule has 2 unspecified atom stereocenters. The van der Waals surface area contributed by atoms with Gasteiger partial charge in [-0.15, -0.1) is 0 Å². The molecule has 1 N–H and O–H groups in total. The summed E-state index contributed by atoms with van der Waals surface area (Å²) < 4.78 is 27.4. The van der Waals surface area contributed by atoms with Gasteiger partial charge < -0.3 is 10.2 Å². The van der Waals surface area contributed by atoms with E-state index < -0.39 is 11.6 Å². The summed E-state index contributed by atoms with van der Waals surface area (Å²) in [5.41, 5.74) is 0.425. The topological polar surface area (TPSA) is 15.3 Å². The fourth-order valence-electron chi connectivity index (χ4n) is 3.21. The van der Waals surface area contributed by atoms with E-state index in [0.29, 0.717) is 5.56 Å². The number of nitrogens with zero attached hydrogens (tertiary/aromatic N) is 1. The first-order valence-electron chi connectivity index (χ1n) is 7.99. The van der Waals surface area contributed by atoms with Crippen molar-refractivity contribution in [3.05, 3.63) is 35.4 Å². The van der Waals surface area contributed by atoms with E-state index in [9.17, 15) is 8.78 Å². The lowest BCUT2D eigenvalue weighted by Gasteiger charge is -2.26. The second-order valence-corrected chi connectivity index (χ2v) is 5.99. The van der Waals surface area contributed by atoms with Gasteiger partial charge in [-0.05, 0) is 51.4 Å². The molecule has 2 nitrogen and oxygen atoms in total. The normalized spacial score (nSPS) is 22.0. The second kappa shape index (κ2) is 7.85. The van der Waals surface area contributed by atoms with Crippen LogP contribution in [0.15, 0.2) is 18.2 Å². The minimum absolute atomic E-state index is 0.168. The Morgan fingerprint density at radius 2 is 2.10 bits per heavy atom. The van der Waals surface area contributed by atoms with Crippen LogP contribution in [0.2, 0.25) is 0 Å². The van der Waals surface area contributed by atoms with Crippen molar-refractivity contribution in [3.63, 3.8) is 0 Å². The summed E-state index contributed by atoms with van der Waals surface area (Å²) in [5.74, 6) is -0.679. The Hall–Kier alpha value is -1.00. The molecule has 4 heteroatoms. The Labute approximate surface area is 126 Å². The van der Waals surface area contributed by atoms with Crippen molar-refractivity contribution >= 4 is 0 Å².